The predicted octanol–water partition coefficient (Wildman–Crippen LogP) is 3.29. The molecule has 6 heteroatoms. The largest absolute Gasteiger partial charge is 0.388 e. The van der Waals surface area contributed by atoms with Crippen LogP contribution >= 0.6 is 11.3 Å². The molecular formula is C15H18F2N2OS. The average Bonchev–Trinajstić information content (AvgIpc) is 2.80. The maximum Gasteiger partial charge on any atom is 0.126 e. The van der Waals surface area contributed by atoms with E-state index in [4.69, 9.17) is 0 Å². The first-order valence-corrected chi connectivity index (χ1v) is 7.55. The van der Waals surface area contributed by atoms with Crippen molar-refractivity contribution in [2.75, 3.05) is 13.6 Å². The first-order valence-electron chi connectivity index (χ1n) is 6.67. The molecule has 2 aromatic rings. The molecule has 21 heavy (non-hydrogen) atoms. The minimum Gasteiger partial charge on any atom is -0.388 e. The minimum atomic E-state index is -0.880. The highest BCUT2D eigenvalue weighted by atomic mass is 32.1. The summed E-state index contributed by atoms with van der Waals surface area (Å²) < 4.78 is 26.2. The summed E-state index contributed by atoms with van der Waals surface area (Å²) in [5.74, 6) is -1.34. The van der Waals surface area contributed by atoms with Crippen molar-refractivity contribution >= 4 is 11.3 Å². The molecule has 1 atom stereocenters. The molecule has 2 rings (SSSR count). The van der Waals surface area contributed by atoms with E-state index < -0.39 is 17.7 Å². The summed E-state index contributed by atoms with van der Waals surface area (Å²) in [4.78, 5) is 6.40. The van der Waals surface area contributed by atoms with E-state index >= 15 is 0 Å². The fourth-order valence-corrected chi connectivity index (χ4v) is 2.72. The number of aromatic nitrogens is 1. The van der Waals surface area contributed by atoms with Crippen LogP contribution in [0.4, 0.5) is 8.78 Å². The second kappa shape index (κ2) is 7.06. The van der Waals surface area contributed by atoms with E-state index in [0.717, 1.165) is 28.9 Å². The van der Waals surface area contributed by atoms with Crippen LogP contribution < -0.4 is 0 Å². The third kappa shape index (κ3) is 4.84. The number of hydrogen-bond acceptors (Lipinski definition) is 4. The van der Waals surface area contributed by atoms with Crippen LogP contribution in [0.25, 0.3) is 0 Å². The maximum atomic E-state index is 13.1. The quantitative estimate of drug-likeness (QED) is 0.889. The molecule has 0 aliphatic heterocycles. The Hall–Kier alpha value is -1.37. The lowest BCUT2D eigenvalue weighted by Gasteiger charge is -2.18. The highest BCUT2D eigenvalue weighted by Gasteiger charge is 2.12. The van der Waals surface area contributed by atoms with Gasteiger partial charge in [-0.05, 0) is 38.1 Å². The Morgan fingerprint density at radius 3 is 2.52 bits per heavy atom. The van der Waals surface area contributed by atoms with Gasteiger partial charge in [-0.15, -0.1) is 11.3 Å². The molecule has 0 spiro atoms. The van der Waals surface area contributed by atoms with Crippen LogP contribution in [-0.4, -0.2) is 28.6 Å². The highest BCUT2D eigenvalue weighted by Crippen LogP contribution is 2.20. The van der Waals surface area contributed by atoms with E-state index in [1.165, 1.54) is 0 Å². The molecule has 0 radical (unpaired) electrons. The number of benzene rings is 1. The Kier molecular flexibility index (Phi) is 5.39. The molecule has 1 N–H and O–H groups in total. The monoisotopic (exact) mass is 312 g/mol. The smallest absolute Gasteiger partial charge is 0.126 e. The summed E-state index contributed by atoms with van der Waals surface area (Å²) in [6, 6.07) is 3.13. The summed E-state index contributed by atoms with van der Waals surface area (Å²) >= 11 is 1.60. The van der Waals surface area contributed by atoms with Gasteiger partial charge in [0.15, 0.2) is 0 Å². The number of aliphatic hydroxyl groups is 1. The summed E-state index contributed by atoms with van der Waals surface area (Å²) in [6.45, 7) is 3.25. The van der Waals surface area contributed by atoms with Crippen molar-refractivity contribution in [3.63, 3.8) is 0 Å². The van der Waals surface area contributed by atoms with E-state index in [0.29, 0.717) is 19.5 Å². The van der Waals surface area contributed by atoms with Crippen molar-refractivity contribution in [3.05, 3.63) is 51.5 Å². The van der Waals surface area contributed by atoms with Crippen LogP contribution in [0.3, 0.4) is 0 Å². The van der Waals surface area contributed by atoms with Gasteiger partial charge in [-0.25, -0.2) is 13.8 Å². The number of thiazole rings is 1. The maximum absolute atomic E-state index is 13.1. The SMILES string of the molecule is Cc1nc(CN(C)CCC(O)c2cc(F)cc(F)c2)cs1. The second-order valence-corrected chi connectivity index (χ2v) is 6.17. The summed E-state index contributed by atoms with van der Waals surface area (Å²) in [6.07, 6.45) is -0.475. The van der Waals surface area contributed by atoms with Crippen molar-refractivity contribution < 1.29 is 13.9 Å². The van der Waals surface area contributed by atoms with E-state index in [9.17, 15) is 13.9 Å². The lowest BCUT2D eigenvalue weighted by atomic mass is 10.1. The Bertz CT molecular complexity index is 583. The second-order valence-electron chi connectivity index (χ2n) is 5.10. The van der Waals surface area contributed by atoms with Gasteiger partial charge in [-0.1, -0.05) is 0 Å². The van der Waals surface area contributed by atoms with Crippen LogP contribution in [0.15, 0.2) is 23.6 Å². The van der Waals surface area contributed by atoms with Gasteiger partial charge in [0.25, 0.3) is 0 Å². The molecule has 0 saturated heterocycles. The lowest BCUT2D eigenvalue weighted by Crippen LogP contribution is -2.21. The molecule has 0 saturated carbocycles. The molecular weight excluding hydrogens is 294 g/mol. The zero-order valence-electron chi connectivity index (χ0n) is 12.0. The summed E-state index contributed by atoms with van der Waals surface area (Å²) in [7, 11) is 1.92. The van der Waals surface area contributed by atoms with Crippen LogP contribution in [0.2, 0.25) is 0 Å². The van der Waals surface area contributed by atoms with E-state index in [2.05, 4.69) is 4.98 Å². The van der Waals surface area contributed by atoms with Gasteiger partial charge < -0.3 is 10.0 Å². The number of halogens is 2. The molecule has 1 aromatic carbocycles. The number of hydrogen-bond donors (Lipinski definition) is 1. The van der Waals surface area contributed by atoms with Gasteiger partial charge in [-0.3, -0.25) is 0 Å². The fraction of sp³-hybridized carbons (Fsp3) is 0.400. The van der Waals surface area contributed by atoms with Gasteiger partial charge in [0.1, 0.15) is 11.6 Å². The van der Waals surface area contributed by atoms with Crippen molar-refractivity contribution in [2.24, 2.45) is 0 Å². The zero-order chi connectivity index (χ0) is 15.4. The van der Waals surface area contributed by atoms with Crippen molar-refractivity contribution in [3.8, 4) is 0 Å². The van der Waals surface area contributed by atoms with Crippen molar-refractivity contribution in [1.29, 1.82) is 0 Å². The normalized spacial score (nSPS) is 12.9. The zero-order valence-corrected chi connectivity index (χ0v) is 12.8. The molecule has 1 heterocycles. The molecule has 0 aliphatic rings. The molecule has 0 fully saturated rings. The summed E-state index contributed by atoms with van der Waals surface area (Å²) in [5.41, 5.74) is 1.26. The van der Waals surface area contributed by atoms with Crippen LogP contribution in [-0.2, 0) is 6.54 Å². The molecule has 0 bridgehead atoms. The predicted molar refractivity (Wildman–Crippen MR) is 79.1 cm³/mol. The average molecular weight is 312 g/mol. The van der Waals surface area contributed by atoms with E-state index in [1.807, 2.05) is 24.3 Å². The Labute approximate surface area is 126 Å². The third-order valence-corrected chi connectivity index (χ3v) is 3.97. The molecule has 1 unspecified atom stereocenters. The lowest BCUT2D eigenvalue weighted by molar-refractivity contribution is 0.146. The molecule has 0 amide bonds. The van der Waals surface area contributed by atoms with Crippen molar-refractivity contribution in [2.45, 2.75) is 26.0 Å². The first-order chi connectivity index (χ1) is 9.94. The molecule has 114 valence electrons. The number of rotatable bonds is 6. The topological polar surface area (TPSA) is 36.4 Å². The van der Waals surface area contributed by atoms with Gasteiger partial charge in [0.05, 0.1) is 16.8 Å². The fourth-order valence-electron chi connectivity index (χ4n) is 2.11. The summed E-state index contributed by atoms with van der Waals surface area (Å²) in [5, 5.41) is 13.0. The van der Waals surface area contributed by atoms with Crippen LogP contribution in [0.1, 0.15) is 28.8 Å². The Morgan fingerprint density at radius 1 is 1.29 bits per heavy atom. The number of nitrogens with zero attached hydrogens (tertiary/aromatic N) is 2. The highest BCUT2D eigenvalue weighted by molar-refractivity contribution is 7.09. The Balaban J connectivity index is 1.86. The van der Waals surface area contributed by atoms with E-state index in [1.54, 1.807) is 11.3 Å². The van der Waals surface area contributed by atoms with E-state index in [-0.39, 0.29) is 5.56 Å². The number of aliphatic hydroxyl groups excluding tert-OH is 1. The molecule has 0 aliphatic carbocycles. The third-order valence-electron chi connectivity index (χ3n) is 3.15. The minimum absolute atomic E-state index is 0.269. The van der Waals surface area contributed by atoms with Gasteiger partial charge >= 0.3 is 0 Å². The molecule has 3 nitrogen and oxygen atoms in total. The van der Waals surface area contributed by atoms with Gasteiger partial charge in [-0.2, -0.15) is 0 Å². The Morgan fingerprint density at radius 2 is 1.95 bits per heavy atom. The molecule has 1 aromatic heterocycles. The van der Waals surface area contributed by atoms with Crippen LogP contribution in [0.5, 0.6) is 0 Å². The van der Waals surface area contributed by atoms with Gasteiger partial charge in [0.2, 0.25) is 0 Å². The number of aryl methyl sites for hydroxylation is 1. The standard InChI is InChI=1S/C15H18F2N2OS/c1-10-18-14(9-21-10)8-19(2)4-3-15(20)11-5-12(16)7-13(17)6-11/h5-7,9,15,20H,3-4,8H2,1-2H3. The van der Waals surface area contributed by atoms with Crippen LogP contribution in [0, 0.1) is 18.6 Å². The van der Waals surface area contributed by atoms with Crippen molar-refractivity contribution in [1.82, 2.24) is 9.88 Å². The van der Waals surface area contributed by atoms with Gasteiger partial charge in [0, 0.05) is 24.5 Å². The first kappa shape index (κ1) is 16.0.